The van der Waals surface area contributed by atoms with Gasteiger partial charge in [0.2, 0.25) is 15.9 Å². The Bertz CT molecular complexity index is 1140. The Hall–Kier alpha value is -2.41. The molecule has 42 heavy (non-hydrogen) atoms. The van der Waals surface area contributed by atoms with Crippen LogP contribution in [0.4, 0.5) is 4.39 Å². The minimum absolute atomic E-state index is 0.0109. The molecule has 1 aromatic heterocycles. The fraction of sp³-hybridized carbons (Fsp3) is 0.700. The number of ether oxygens (including phenoxy) is 4. The molecule has 0 spiro atoms. The summed E-state index contributed by atoms with van der Waals surface area (Å²) in [6.45, 7) is 7.05. The molecule has 2 fully saturated rings. The van der Waals surface area contributed by atoms with Crippen LogP contribution in [-0.4, -0.2) is 74.3 Å². The number of halogens is 1. The fourth-order valence-electron chi connectivity index (χ4n) is 4.84. The van der Waals surface area contributed by atoms with E-state index < -0.39 is 21.6 Å². The van der Waals surface area contributed by atoms with Crippen molar-refractivity contribution in [2.24, 2.45) is 5.92 Å². The van der Waals surface area contributed by atoms with E-state index in [-0.39, 0.29) is 53.8 Å². The largest absolute Gasteiger partial charge is 0.473 e. The van der Waals surface area contributed by atoms with Gasteiger partial charge in [-0.25, -0.2) is 17.8 Å². The highest BCUT2D eigenvalue weighted by Crippen LogP contribution is 2.27. The van der Waals surface area contributed by atoms with Gasteiger partial charge >= 0.3 is 5.97 Å². The zero-order valence-corrected chi connectivity index (χ0v) is 25.8. The molecule has 0 saturated carbocycles. The lowest BCUT2D eigenvalue weighted by atomic mass is 9.91. The summed E-state index contributed by atoms with van der Waals surface area (Å²) in [5.41, 5.74) is -0.364. The van der Waals surface area contributed by atoms with Gasteiger partial charge in [-0.3, -0.25) is 9.59 Å². The van der Waals surface area contributed by atoms with Crippen LogP contribution < -0.4 is 4.74 Å². The number of ketones is 1. The number of carbonyl (C=O) groups is 2. The average Bonchev–Trinajstić information content (AvgIpc) is 2.95. The fourth-order valence-corrected chi connectivity index (χ4v) is 6.25. The minimum atomic E-state index is -3.75. The Morgan fingerprint density at radius 3 is 2.50 bits per heavy atom. The summed E-state index contributed by atoms with van der Waals surface area (Å²) in [4.78, 5) is 28.4. The maximum atomic E-state index is 13.3. The summed E-state index contributed by atoms with van der Waals surface area (Å²) in [7, 11) is -3.75. The number of hydrogen-bond acceptors (Lipinski definition) is 9. The Balaban J connectivity index is 1.37. The molecular formula is C30H45FN2O8S. The monoisotopic (exact) mass is 612 g/mol. The molecule has 10 nitrogen and oxygen atoms in total. The standard InChI is InChI=1S/C30H45FN2O8S/c1-30(2,3)41-28(35)12-9-24(20-31)22-40-27-11-10-26(21-32-27)42(36,37)33-15-13-23(14-16-33)19-25(34)7-6-18-39-29-8-4-5-17-38-29/h10-11,20-21,23,29H,4-9,12-19,22H2,1-3H3. The van der Waals surface area contributed by atoms with Crippen LogP contribution in [0.15, 0.2) is 35.1 Å². The van der Waals surface area contributed by atoms with Gasteiger partial charge in [0.1, 0.15) is 22.9 Å². The van der Waals surface area contributed by atoms with Crippen LogP contribution in [0.2, 0.25) is 0 Å². The van der Waals surface area contributed by atoms with Gasteiger partial charge in [-0.2, -0.15) is 4.31 Å². The van der Waals surface area contributed by atoms with Crippen LogP contribution in [0.5, 0.6) is 5.88 Å². The number of pyridine rings is 1. The predicted molar refractivity (Wildman–Crippen MR) is 154 cm³/mol. The zero-order chi connectivity index (χ0) is 30.6. The molecule has 12 heteroatoms. The molecule has 2 aliphatic rings. The summed E-state index contributed by atoms with van der Waals surface area (Å²) in [5.74, 6) is 0.0454. The van der Waals surface area contributed by atoms with E-state index in [9.17, 15) is 22.4 Å². The van der Waals surface area contributed by atoms with Gasteiger partial charge in [-0.15, -0.1) is 0 Å². The topological polar surface area (TPSA) is 121 Å². The average molecular weight is 613 g/mol. The normalized spacial score (nSPS) is 19.4. The Morgan fingerprint density at radius 2 is 1.88 bits per heavy atom. The number of piperidine rings is 1. The SMILES string of the molecule is CC(C)(C)OC(=O)CCC(=CF)COc1ccc(S(=O)(=O)N2CCC(CC(=O)CCCOC3CCCCO3)CC2)cn1. The summed E-state index contributed by atoms with van der Waals surface area (Å²) in [6, 6.07) is 2.83. The van der Waals surface area contributed by atoms with E-state index in [4.69, 9.17) is 18.9 Å². The molecule has 0 N–H and O–H groups in total. The molecule has 0 amide bonds. The highest BCUT2D eigenvalue weighted by molar-refractivity contribution is 7.89. The molecule has 1 unspecified atom stereocenters. The Morgan fingerprint density at radius 1 is 1.12 bits per heavy atom. The molecule has 0 bridgehead atoms. The molecule has 0 radical (unpaired) electrons. The van der Waals surface area contributed by atoms with Crippen LogP contribution in [-0.2, 0) is 33.8 Å². The maximum absolute atomic E-state index is 13.3. The molecule has 3 rings (SSSR count). The van der Waals surface area contributed by atoms with Crippen molar-refractivity contribution in [2.75, 3.05) is 32.9 Å². The minimum Gasteiger partial charge on any atom is -0.473 e. The molecule has 0 aromatic carbocycles. The molecule has 236 valence electrons. The zero-order valence-electron chi connectivity index (χ0n) is 25.0. The van der Waals surface area contributed by atoms with E-state index in [1.807, 2.05) is 0 Å². The number of esters is 1. The summed E-state index contributed by atoms with van der Waals surface area (Å²) >= 11 is 0. The van der Waals surface area contributed by atoms with E-state index in [2.05, 4.69) is 4.98 Å². The van der Waals surface area contributed by atoms with Crippen molar-refractivity contribution in [2.45, 2.75) is 102 Å². The van der Waals surface area contributed by atoms with Crippen molar-refractivity contribution < 1.29 is 41.3 Å². The predicted octanol–water partition coefficient (Wildman–Crippen LogP) is 5.12. The Labute approximate surface area is 249 Å². The number of aromatic nitrogens is 1. The molecule has 3 heterocycles. The van der Waals surface area contributed by atoms with Crippen LogP contribution >= 0.6 is 0 Å². The van der Waals surface area contributed by atoms with Gasteiger partial charge in [0.25, 0.3) is 0 Å². The number of nitrogens with zero attached hydrogens (tertiary/aromatic N) is 2. The number of sulfonamides is 1. The highest BCUT2D eigenvalue weighted by atomic mass is 32.2. The lowest BCUT2D eigenvalue weighted by molar-refractivity contribution is -0.163. The third kappa shape index (κ3) is 11.7. The first-order chi connectivity index (χ1) is 20.0. The smallest absolute Gasteiger partial charge is 0.306 e. The quantitative estimate of drug-likeness (QED) is 0.196. The van der Waals surface area contributed by atoms with Gasteiger partial charge < -0.3 is 18.9 Å². The lowest BCUT2D eigenvalue weighted by Crippen LogP contribution is -2.38. The van der Waals surface area contributed by atoms with Gasteiger partial charge in [0.15, 0.2) is 6.29 Å². The first-order valence-electron chi connectivity index (χ1n) is 14.8. The maximum Gasteiger partial charge on any atom is 0.306 e. The second-order valence-corrected chi connectivity index (χ2v) is 13.8. The third-order valence-electron chi connectivity index (χ3n) is 7.11. The van der Waals surface area contributed by atoms with Crippen LogP contribution in [0, 0.1) is 5.92 Å². The van der Waals surface area contributed by atoms with E-state index in [1.54, 1.807) is 20.8 Å². The van der Waals surface area contributed by atoms with Crippen molar-refractivity contribution in [1.82, 2.24) is 9.29 Å². The highest BCUT2D eigenvalue weighted by Gasteiger charge is 2.30. The molecular weight excluding hydrogens is 567 g/mol. The van der Waals surface area contributed by atoms with E-state index in [0.29, 0.717) is 58.1 Å². The second kappa shape index (κ2) is 16.4. The molecule has 1 atom stereocenters. The Kier molecular flexibility index (Phi) is 13.3. The van der Waals surface area contributed by atoms with Crippen molar-refractivity contribution >= 4 is 21.8 Å². The van der Waals surface area contributed by atoms with Crippen molar-refractivity contribution in [1.29, 1.82) is 0 Å². The first kappa shape index (κ1) is 34.1. The van der Waals surface area contributed by atoms with Crippen LogP contribution in [0.1, 0.15) is 85.0 Å². The van der Waals surface area contributed by atoms with Crippen LogP contribution in [0.25, 0.3) is 0 Å². The number of Topliss-reactive ketones (excluding diaryl/α,β-unsaturated/α-hetero) is 1. The molecule has 2 aliphatic heterocycles. The van der Waals surface area contributed by atoms with Gasteiger partial charge in [0, 0.05) is 45.0 Å². The van der Waals surface area contributed by atoms with E-state index in [1.165, 1.54) is 22.6 Å². The van der Waals surface area contributed by atoms with E-state index in [0.717, 1.165) is 25.9 Å². The molecule has 1 aromatic rings. The van der Waals surface area contributed by atoms with Gasteiger partial charge in [-0.05, 0) is 83.3 Å². The first-order valence-corrected chi connectivity index (χ1v) is 16.2. The third-order valence-corrected chi connectivity index (χ3v) is 8.99. The summed E-state index contributed by atoms with van der Waals surface area (Å²) in [6.07, 6.45) is 7.49. The second-order valence-electron chi connectivity index (χ2n) is 11.8. The number of hydrogen-bond donors (Lipinski definition) is 0. The summed E-state index contributed by atoms with van der Waals surface area (Å²) < 4.78 is 62.9. The molecule has 0 aliphatic carbocycles. The van der Waals surface area contributed by atoms with Crippen molar-refractivity contribution in [3.05, 3.63) is 30.2 Å². The van der Waals surface area contributed by atoms with Crippen molar-refractivity contribution in [3.8, 4) is 5.88 Å². The van der Waals surface area contributed by atoms with Crippen LogP contribution in [0.3, 0.4) is 0 Å². The van der Waals surface area contributed by atoms with Crippen molar-refractivity contribution in [3.63, 3.8) is 0 Å². The number of rotatable bonds is 15. The lowest BCUT2D eigenvalue weighted by Gasteiger charge is -2.31. The molecule has 2 saturated heterocycles. The van der Waals surface area contributed by atoms with E-state index >= 15 is 0 Å². The van der Waals surface area contributed by atoms with Gasteiger partial charge in [-0.1, -0.05) is 0 Å². The van der Waals surface area contributed by atoms with Gasteiger partial charge in [0.05, 0.1) is 19.1 Å². The summed E-state index contributed by atoms with van der Waals surface area (Å²) in [5, 5.41) is 0. The number of carbonyl (C=O) groups excluding carboxylic acids is 2.